The fraction of sp³-hybridized carbons (Fsp3) is 0.278. The third-order valence-corrected chi connectivity index (χ3v) is 3.73. The molecule has 0 spiro atoms. The van der Waals surface area contributed by atoms with Crippen LogP contribution in [0.4, 0.5) is 0 Å². The molecule has 0 saturated carbocycles. The Kier molecular flexibility index (Phi) is 5.13. The molecular formula is C18H19N3O4. The van der Waals surface area contributed by atoms with Crippen LogP contribution in [0.15, 0.2) is 58.3 Å². The van der Waals surface area contributed by atoms with Crippen molar-refractivity contribution in [1.29, 1.82) is 0 Å². The summed E-state index contributed by atoms with van der Waals surface area (Å²) >= 11 is 0. The minimum Gasteiger partial charge on any atom is -0.481 e. The maximum absolute atomic E-state index is 12.1. The standard InChI is InChI=1S/C18H19N3O4/c1-13(18(23)20-7-2-9-21-10-8-19-12-21)24-15-5-3-14-4-6-17(22)25-16(14)11-15/h3-6,8,10-13H,2,7,9H2,1H3,(H,20,23)/t13-/m1/s1. The monoisotopic (exact) mass is 341 g/mol. The summed E-state index contributed by atoms with van der Waals surface area (Å²) < 4.78 is 12.7. The third-order valence-electron chi connectivity index (χ3n) is 3.73. The maximum atomic E-state index is 12.1. The number of amides is 1. The highest BCUT2D eigenvalue weighted by Crippen LogP contribution is 2.20. The molecule has 7 nitrogen and oxygen atoms in total. The lowest BCUT2D eigenvalue weighted by molar-refractivity contribution is -0.127. The fourth-order valence-electron chi connectivity index (χ4n) is 2.41. The summed E-state index contributed by atoms with van der Waals surface area (Å²) in [6.07, 6.45) is 5.49. The third kappa shape index (κ3) is 4.47. The van der Waals surface area contributed by atoms with Crippen LogP contribution in [0.25, 0.3) is 11.0 Å². The molecule has 0 bridgehead atoms. The molecule has 3 rings (SSSR count). The highest BCUT2D eigenvalue weighted by molar-refractivity contribution is 5.81. The predicted molar refractivity (Wildman–Crippen MR) is 92.4 cm³/mol. The van der Waals surface area contributed by atoms with Gasteiger partial charge in [0.2, 0.25) is 0 Å². The minimum atomic E-state index is -0.652. The first kappa shape index (κ1) is 16.8. The first-order valence-corrected chi connectivity index (χ1v) is 8.06. The van der Waals surface area contributed by atoms with Crippen molar-refractivity contribution in [2.45, 2.75) is 26.0 Å². The summed E-state index contributed by atoms with van der Waals surface area (Å²) in [5.41, 5.74) is 0.00581. The van der Waals surface area contributed by atoms with Crippen molar-refractivity contribution in [3.05, 3.63) is 59.5 Å². The number of rotatable bonds is 7. The van der Waals surface area contributed by atoms with Gasteiger partial charge in [-0.15, -0.1) is 0 Å². The van der Waals surface area contributed by atoms with Crippen molar-refractivity contribution in [2.24, 2.45) is 0 Å². The average Bonchev–Trinajstić information content (AvgIpc) is 3.11. The van der Waals surface area contributed by atoms with E-state index in [0.717, 1.165) is 18.4 Å². The number of imidazole rings is 1. The van der Waals surface area contributed by atoms with Crippen LogP contribution in [0.5, 0.6) is 5.75 Å². The Labute approximate surface area is 144 Å². The van der Waals surface area contributed by atoms with Gasteiger partial charge in [0.1, 0.15) is 11.3 Å². The van der Waals surface area contributed by atoms with Crippen molar-refractivity contribution in [3.63, 3.8) is 0 Å². The SMILES string of the molecule is C[C@@H](Oc1ccc2ccc(=O)oc2c1)C(=O)NCCCn1ccnc1. The molecule has 2 aromatic heterocycles. The summed E-state index contributed by atoms with van der Waals surface area (Å²) in [5.74, 6) is 0.281. The summed E-state index contributed by atoms with van der Waals surface area (Å²) in [5, 5.41) is 3.64. The maximum Gasteiger partial charge on any atom is 0.336 e. The van der Waals surface area contributed by atoms with Gasteiger partial charge in [0, 0.05) is 43.0 Å². The molecule has 0 aliphatic heterocycles. The van der Waals surface area contributed by atoms with E-state index in [1.165, 1.54) is 6.07 Å². The van der Waals surface area contributed by atoms with E-state index in [4.69, 9.17) is 9.15 Å². The first-order chi connectivity index (χ1) is 12.1. The second-order valence-corrected chi connectivity index (χ2v) is 5.66. The Morgan fingerprint density at radius 3 is 3.00 bits per heavy atom. The molecule has 25 heavy (non-hydrogen) atoms. The summed E-state index contributed by atoms with van der Waals surface area (Å²) in [7, 11) is 0. The smallest absolute Gasteiger partial charge is 0.336 e. The van der Waals surface area contributed by atoms with E-state index in [1.807, 2.05) is 10.8 Å². The molecule has 1 aromatic carbocycles. The zero-order valence-corrected chi connectivity index (χ0v) is 13.8. The lowest BCUT2D eigenvalue weighted by Crippen LogP contribution is -2.37. The van der Waals surface area contributed by atoms with E-state index in [9.17, 15) is 9.59 Å². The predicted octanol–water partition coefficient (Wildman–Crippen LogP) is 1.96. The van der Waals surface area contributed by atoms with Gasteiger partial charge in [-0.25, -0.2) is 9.78 Å². The number of fused-ring (bicyclic) bond motifs is 1. The fourth-order valence-corrected chi connectivity index (χ4v) is 2.41. The van der Waals surface area contributed by atoms with Crippen molar-refractivity contribution in [2.75, 3.05) is 6.54 Å². The minimum absolute atomic E-state index is 0.194. The lowest BCUT2D eigenvalue weighted by atomic mass is 10.2. The largest absolute Gasteiger partial charge is 0.481 e. The van der Waals surface area contributed by atoms with Crippen molar-refractivity contribution >= 4 is 16.9 Å². The quantitative estimate of drug-likeness (QED) is 0.524. The van der Waals surface area contributed by atoms with Gasteiger partial charge in [0.25, 0.3) is 5.91 Å². The normalized spacial score (nSPS) is 12.0. The van der Waals surface area contributed by atoms with Crippen molar-refractivity contribution < 1.29 is 13.9 Å². The van der Waals surface area contributed by atoms with E-state index >= 15 is 0 Å². The highest BCUT2D eigenvalue weighted by atomic mass is 16.5. The zero-order valence-electron chi connectivity index (χ0n) is 13.8. The lowest BCUT2D eigenvalue weighted by Gasteiger charge is -2.15. The number of aryl methyl sites for hydroxylation is 1. The Bertz CT molecular complexity index is 902. The summed E-state index contributed by atoms with van der Waals surface area (Å²) in [6.45, 7) is 3.02. The Morgan fingerprint density at radius 1 is 1.36 bits per heavy atom. The highest BCUT2D eigenvalue weighted by Gasteiger charge is 2.14. The second kappa shape index (κ2) is 7.65. The number of carbonyl (C=O) groups excluding carboxylic acids is 1. The molecule has 130 valence electrons. The van der Waals surface area contributed by atoms with Gasteiger partial charge in [0.05, 0.1) is 6.33 Å². The van der Waals surface area contributed by atoms with Gasteiger partial charge < -0.3 is 19.0 Å². The van der Waals surface area contributed by atoms with Gasteiger partial charge in [-0.1, -0.05) is 0 Å². The molecule has 1 amide bonds. The van der Waals surface area contributed by atoms with E-state index in [-0.39, 0.29) is 5.91 Å². The van der Waals surface area contributed by atoms with E-state index in [0.29, 0.717) is 17.9 Å². The Hall–Kier alpha value is -3.09. The molecule has 2 heterocycles. The molecule has 0 aliphatic rings. The molecule has 0 saturated heterocycles. The van der Waals surface area contributed by atoms with Gasteiger partial charge in [-0.2, -0.15) is 0 Å². The number of aromatic nitrogens is 2. The number of carbonyl (C=O) groups is 1. The van der Waals surface area contributed by atoms with Crippen molar-refractivity contribution in [1.82, 2.24) is 14.9 Å². The van der Waals surface area contributed by atoms with Crippen molar-refractivity contribution in [3.8, 4) is 5.75 Å². The topological polar surface area (TPSA) is 86.4 Å². The average molecular weight is 341 g/mol. The van der Waals surface area contributed by atoms with Crippen LogP contribution in [-0.4, -0.2) is 28.1 Å². The Balaban J connectivity index is 1.51. The summed E-state index contributed by atoms with van der Waals surface area (Å²) in [6, 6.07) is 8.18. The van der Waals surface area contributed by atoms with Crippen LogP contribution in [0.3, 0.4) is 0 Å². The van der Waals surface area contributed by atoms with Gasteiger partial charge in [-0.3, -0.25) is 4.79 Å². The zero-order chi connectivity index (χ0) is 17.6. The molecule has 0 radical (unpaired) electrons. The number of hydrogen-bond donors (Lipinski definition) is 1. The number of ether oxygens (including phenoxy) is 1. The Morgan fingerprint density at radius 2 is 2.20 bits per heavy atom. The molecule has 0 aliphatic carbocycles. The van der Waals surface area contributed by atoms with E-state index in [2.05, 4.69) is 10.3 Å². The molecule has 7 heteroatoms. The van der Waals surface area contributed by atoms with Crippen LogP contribution in [0.2, 0.25) is 0 Å². The van der Waals surface area contributed by atoms with Crippen LogP contribution < -0.4 is 15.7 Å². The molecule has 1 atom stereocenters. The molecular weight excluding hydrogens is 322 g/mol. The number of benzene rings is 1. The summed E-state index contributed by atoms with van der Waals surface area (Å²) in [4.78, 5) is 27.3. The molecule has 0 fully saturated rings. The molecule has 1 N–H and O–H groups in total. The van der Waals surface area contributed by atoms with Crippen LogP contribution in [0, 0.1) is 0 Å². The van der Waals surface area contributed by atoms with Crippen LogP contribution in [0.1, 0.15) is 13.3 Å². The second-order valence-electron chi connectivity index (χ2n) is 5.66. The number of nitrogens with zero attached hydrogens (tertiary/aromatic N) is 2. The molecule has 3 aromatic rings. The molecule has 0 unspecified atom stereocenters. The van der Waals surface area contributed by atoms with Gasteiger partial charge >= 0.3 is 5.63 Å². The van der Waals surface area contributed by atoms with Crippen LogP contribution in [-0.2, 0) is 11.3 Å². The van der Waals surface area contributed by atoms with Gasteiger partial charge in [-0.05, 0) is 31.5 Å². The first-order valence-electron chi connectivity index (χ1n) is 8.06. The van der Waals surface area contributed by atoms with Crippen LogP contribution >= 0.6 is 0 Å². The number of hydrogen-bond acceptors (Lipinski definition) is 5. The van der Waals surface area contributed by atoms with Gasteiger partial charge in [0.15, 0.2) is 6.10 Å². The number of nitrogens with one attached hydrogen (secondary N) is 1. The van der Waals surface area contributed by atoms with E-state index in [1.54, 1.807) is 43.7 Å². The van der Waals surface area contributed by atoms with E-state index < -0.39 is 11.7 Å².